The van der Waals surface area contributed by atoms with E-state index in [4.69, 9.17) is 4.74 Å². The van der Waals surface area contributed by atoms with Gasteiger partial charge in [0.05, 0.1) is 29.1 Å². The van der Waals surface area contributed by atoms with Crippen molar-refractivity contribution in [2.75, 3.05) is 11.5 Å². The number of allylic oxidation sites excluding steroid dienone is 2. The second-order valence-electron chi connectivity index (χ2n) is 9.31. The second-order valence-corrected chi connectivity index (χ2v) is 9.31. The molecule has 1 heterocycles. The molecule has 7 heteroatoms. The molecule has 0 spiro atoms. The third-order valence-electron chi connectivity index (χ3n) is 7.23. The predicted octanol–water partition coefficient (Wildman–Crippen LogP) is 3.42. The quantitative estimate of drug-likeness (QED) is 0.407. The van der Waals surface area contributed by atoms with Gasteiger partial charge in [-0.25, -0.2) is 9.69 Å². The number of anilines is 1. The van der Waals surface area contributed by atoms with E-state index in [-0.39, 0.29) is 47.1 Å². The van der Waals surface area contributed by atoms with Gasteiger partial charge >= 0.3 is 5.97 Å². The van der Waals surface area contributed by atoms with E-state index in [1.165, 1.54) is 22.6 Å². The number of nitrogens with zero attached hydrogens (tertiary/aromatic N) is 1. The zero-order valence-electron chi connectivity index (χ0n) is 19.1. The lowest BCUT2D eigenvalue weighted by atomic mass is 9.82. The summed E-state index contributed by atoms with van der Waals surface area (Å²) >= 11 is 0. The third kappa shape index (κ3) is 3.71. The molecular formula is C27H26N2O5. The summed E-state index contributed by atoms with van der Waals surface area (Å²) in [6, 6.07) is 15.5. The number of ether oxygens (including phenoxy) is 1. The normalized spacial score (nSPS) is 25.7. The second kappa shape index (κ2) is 8.56. The van der Waals surface area contributed by atoms with Crippen LogP contribution >= 0.6 is 0 Å². The molecule has 174 valence electrons. The maximum Gasteiger partial charge on any atom is 0.338 e. The molecule has 2 aliphatic carbocycles. The van der Waals surface area contributed by atoms with Gasteiger partial charge in [0.2, 0.25) is 11.8 Å². The predicted molar refractivity (Wildman–Crippen MR) is 125 cm³/mol. The van der Waals surface area contributed by atoms with Crippen molar-refractivity contribution in [3.8, 4) is 0 Å². The van der Waals surface area contributed by atoms with E-state index >= 15 is 0 Å². The zero-order valence-corrected chi connectivity index (χ0v) is 19.1. The summed E-state index contributed by atoms with van der Waals surface area (Å²) in [5.41, 5.74) is 2.67. The van der Waals surface area contributed by atoms with E-state index in [2.05, 4.69) is 11.4 Å². The number of carbonyl (C=O) groups excluding carboxylic acids is 4. The fourth-order valence-electron chi connectivity index (χ4n) is 5.62. The summed E-state index contributed by atoms with van der Waals surface area (Å²) in [7, 11) is 0. The highest BCUT2D eigenvalue weighted by atomic mass is 16.5. The monoisotopic (exact) mass is 458 g/mol. The molecule has 5 atom stereocenters. The van der Waals surface area contributed by atoms with E-state index in [9.17, 15) is 19.2 Å². The molecule has 1 N–H and O–H groups in total. The first kappa shape index (κ1) is 22.1. The summed E-state index contributed by atoms with van der Waals surface area (Å²) in [6.45, 7) is 3.44. The molecule has 3 amide bonds. The van der Waals surface area contributed by atoms with Gasteiger partial charge in [0.15, 0.2) is 6.61 Å². The first-order valence-electron chi connectivity index (χ1n) is 11.5. The van der Waals surface area contributed by atoms with Crippen LogP contribution in [0.1, 0.15) is 42.2 Å². The molecule has 34 heavy (non-hydrogen) atoms. The third-order valence-corrected chi connectivity index (χ3v) is 7.23. The molecule has 0 radical (unpaired) electrons. The van der Waals surface area contributed by atoms with Gasteiger partial charge in [0.25, 0.3) is 5.91 Å². The summed E-state index contributed by atoms with van der Waals surface area (Å²) in [6.07, 6.45) is 2.99. The minimum atomic E-state index is -0.693. The van der Waals surface area contributed by atoms with Crippen molar-refractivity contribution in [1.82, 2.24) is 5.32 Å². The first-order chi connectivity index (χ1) is 16.3. The maximum absolute atomic E-state index is 13.2. The van der Waals surface area contributed by atoms with Crippen LogP contribution in [0.4, 0.5) is 5.69 Å². The number of hydrogen-bond acceptors (Lipinski definition) is 5. The molecule has 0 aromatic heterocycles. The fraction of sp³-hybridized carbons (Fsp3) is 0.333. The van der Waals surface area contributed by atoms with Crippen molar-refractivity contribution in [2.24, 2.45) is 23.7 Å². The molecule has 0 unspecified atom stereocenters. The Morgan fingerprint density at radius 1 is 1.06 bits per heavy atom. The summed E-state index contributed by atoms with van der Waals surface area (Å²) in [4.78, 5) is 52.3. The lowest BCUT2D eigenvalue weighted by Crippen LogP contribution is -2.33. The Kier molecular flexibility index (Phi) is 5.55. The van der Waals surface area contributed by atoms with Crippen molar-refractivity contribution in [3.05, 3.63) is 77.4 Å². The number of nitrogens with one attached hydrogen (secondary N) is 1. The van der Waals surface area contributed by atoms with Gasteiger partial charge in [-0.1, -0.05) is 48.0 Å². The highest BCUT2D eigenvalue weighted by Crippen LogP contribution is 2.55. The molecule has 2 aromatic carbocycles. The Hall–Kier alpha value is -3.74. The van der Waals surface area contributed by atoms with Crippen LogP contribution in [0.15, 0.2) is 66.2 Å². The standard InChI is InChI=1S/C27H26N2O5/c1-15-11-19-13-21(15)24-23(19)25(31)29(26(24)32)20-10-6-9-18(12-20)27(33)34-14-22(30)28-16(2)17-7-4-3-5-8-17/h3-12,16,19,21,23-24H,13-14H2,1-2H3,(H,28,30)/t16-,19-,21+,23-,24-/m0/s1. The minimum absolute atomic E-state index is 0.112. The molecule has 2 bridgehead atoms. The highest BCUT2D eigenvalue weighted by Gasteiger charge is 2.60. The van der Waals surface area contributed by atoms with Crippen LogP contribution in [0, 0.1) is 23.7 Å². The van der Waals surface area contributed by atoms with Crippen LogP contribution in [-0.4, -0.2) is 30.3 Å². The molecule has 2 fully saturated rings. The number of hydrogen-bond donors (Lipinski definition) is 1. The number of carbonyl (C=O) groups is 4. The Morgan fingerprint density at radius 3 is 2.56 bits per heavy atom. The Labute approximate surface area is 197 Å². The Bertz CT molecular complexity index is 1200. The largest absolute Gasteiger partial charge is 0.452 e. The van der Waals surface area contributed by atoms with Gasteiger partial charge in [-0.05, 0) is 55.9 Å². The van der Waals surface area contributed by atoms with Crippen LogP contribution in [0.25, 0.3) is 0 Å². The smallest absolute Gasteiger partial charge is 0.338 e. The van der Waals surface area contributed by atoms with E-state index in [0.717, 1.165) is 12.0 Å². The lowest BCUT2D eigenvalue weighted by Gasteiger charge is -2.19. The molecule has 5 rings (SSSR count). The van der Waals surface area contributed by atoms with E-state index in [1.807, 2.05) is 44.2 Å². The molecular weight excluding hydrogens is 432 g/mol. The Balaban J connectivity index is 1.23. The van der Waals surface area contributed by atoms with Crippen molar-refractivity contribution in [3.63, 3.8) is 0 Å². The molecule has 3 aliphatic rings. The van der Waals surface area contributed by atoms with Gasteiger partial charge in [-0.15, -0.1) is 0 Å². The topological polar surface area (TPSA) is 92.8 Å². The number of benzene rings is 2. The van der Waals surface area contributed by atoms with Crippen LogP contribution in [0.2, 0.25) is 0 Å². The van der Waals surface area contributed by atoms with Crippen LogP contribution in [0.5, 0.6) is 0 Å². The summed E-state index contributed by atoms with van der Waals surface area (Å²) < 4.78 is 5.18. The number of rotatable bonds is 6. The number of esters is 1. The number of amides is 3. The number of fused-ring (bicyclic) bond motifs is 5. The molecule has 1 saturated heterocycles. The molecule has 7 nitrogen and oxygen atoms in total. The fourth-order valence-corrected chi connectivity index (χ4v) is 5.62. The summed E-state index contributed by atoms with van der Waals surface area (Å²) in [5, 5.41) is 2.79. The van der Waals surface area contributed by atoms with Crippen LogP contribution < -0.4 is 10.2 Å². The van der Waals surface area contributed by atoms with Gasteiger partial charge in [-0.3, -0.25) is 14.4 Å². The van der Waals surface area contributed by atoms with E-state index in [0.29, 0.717) is 5.69 Å². The average molecular weight is 459 g/mol. The van der Waals surface area contributed by atoms with Gasteiger partial charge in [0.1, 0.15) is 0 Å². The summed E-state index contributed by atoms with van der Waals surface area (Å²) in [5.74, 6) is -1.90. The number of imide groups is 1. The zero-order chi connectivity index (χ0) is 24.0. The van der Waals surface area contributed by atoms with Gasteiger partial charge in [-0.2, -0.15) is 0 Å². The van der Waals surface area contributed by atoms with Gasteiger partial charge in [0, 0.05) is 0 Å². The van der Waals surface area contributed by atoms with Crippen LogP contribution in [-0.2, 0) is 19.1 Å². The van der Waals surface area contributed by atoms with Crippen molar-refractivity contribution in [2.45, 2.75) is 26.3 Å². The maximum atomic E-state index is 13.2. The van der Waals surface area contributed by atoms with E-state index < -0.39 is 18.5 Å². The molecule has 2 aromatic rings. The average Bonchev–Trinajstić information content (AvgIpc) is 3.48. The van der Waals surface area contributed by atoms with Gasteiger partial charge < -0.3 is 10.1 Å². The lowest BCUT2D eigenvalue weighted by molar-refractivity contribution is -0.125. The SMILES string of the molecule is CC1=C[C@H]2C[C@H]1[C@@H]1C(=O)N(c3cccc(C(=O)OCC(=O)N[C@@H](C)c4ccccc4)c3)C(=O)[C@H]12. The van der Waals surface area contributed by atoms with Crippen molar-refractivity contribution >= 4 is 29.4 Å². The molecule has 1 saturated carbocycles. The van der Waals surface area contributed by atoms with E-state index in [1.54, 1.807) is 12.1 Å². The molecule has 1 aliphatic heterocycles. The Morgan fingerprint density at radius 2 is 1.79 bits per heavy atom. The minimum Gasteiger partial charge on any atom is -0.452 e. The van der Waals surface area contributed by atoms with Crippen molar-refractivity contribution < 1.29 is 23.9 Å². The first-order valence-corrected chi connectivity index (χ1v) is 11.5. The highest BCUT2D eigenvalue weighted by molar-refractivity contribution is 6.23. The van der Waals surface area contributed by atoms with Crippen LogP contribution in [0.3, 0.4) is 0 Å². The van der Waals surface area contributed by atoms with Crippen molar-refractivity contribution in [1.29, 1.82) is 0 Å².